The molecule has 92 valence electrons. The predicted octanol–water partition coefficient (Wildman–Crippen LogP) is 2.62. The van der Waals surface area contributed by atoms with Crippen molar-refractivity contribution in [2.75, 3.05) is 6.54 Å². The van der Waals surface area contributed by atoms with Crippen molar-refractivity contribution in [3.05, 3.63) is 34.6 Å². The topological polar surface area (TPSA) is 29.1 Å². The number of Topliss-reactive ketones (excluding diaryl/α,β-unsaturated/α-hetero) is 1. The van der Waals surface area contributed by atoms with Crippen molar-refractivity contribution in [3.8, 4) is 0 Å². The van der Waals surface area contributed by atoms with E-state index in [0.717, 1.165) is 24.1 Å². The fourth-order valence-electron chi connectivity index (χ4n) is 2.63. The van der Waals surface area contributed by atoms with Gasteiger partial charge >= 0.3 is 0 Å². The van der Waals surface area contributed by atoms with Crippen molar-refractivity contribution in [1.82, 2.24) is 5.32 Å². The van der Waals surface area contributed by atoms with Crippen LogP contribution in [0.4, 0.5) is 4.39 Å². The van der Waals surface area contributed by atoms with Crippen molar-refractivity contribution < 1.29 is 9.18 Å². The highest BCUT2D eigenvalue weighted by Crippen LogP contribution is 2.25. The fraction of sp³-hybridized carbons (Fsp3) is 0.500. The molecule has 0 aromatic heterocycles. The largest absolute Gasteiger partial charge is 0.313 e. The minimum Gasteiger partial charge on any atom is -0.313 e. The van der Waals surface area contributed by atoms with Crippen LogP contribution in [0, 0.1) is 25.6 Å². The van der Waals surface area contributed by atoms with Crippen molar-refractivity contribution in [2.24, 2.45) is 5.92 Å². The van der Waals surface area contributed by atoms with E-state index in [1.807, 2.05) is 19.9 Å². The van der Waals surface area contributed by atoms with Crippen LogP contribution in [0.5, 0.6) is 0 Å². The van der Waals surface area contributed by atoms with Crippen molar-refractivity contribution in [2.45, 2.75) is 33.2 Å². The summed E-state index contributed by atoms with van der Waals surface area (Å²) in [5.74, 6) is -0.532. The Morgan fingerprint density at radius 3 is 2.65 bits per heavy atom. The van der Waals surface area contributed by atoms with Gasteiger partial charge in [0, 0.05) is 12.0 Å². The maximum absolute atomic E-state index is 13.9. The second-order valence-electron chi connectivity index (χ2n) is 4.94. The van der Waals surface area contributed by atoms with Gasteiger partial charge in [-0.25, -0.2) is 4.39 Å². The van der Waals surface area contributed by atoms with Gasteiger partial charge in [0.25, 0.3) is 0 Å². The van der Waals surface area contributed by atoms with Crippen LogP contribution in [0.25, 0.3) is 0 Å². The Morgan fingerprint density at radius 2 is 2.12 bits per heavy atom. The van der Waals surface area contributed by atoms with Crippen LogP contribution in [0.1, 0.15) is 34.8 Å². The second-order valence-corrected chi connectivity index (χ2v) is 4.94. The molecular formula is C14H18FNO. The Bertz CT molecular complexity index is 433. The molecule has 0 saturated carbocycles. The Balaban J connectivity index is 2.37. The van der Waals surface area contributed by atoms with Crippen LogP contribution >= 0.6 is 0 Å². The molecule has 1 aromatic carbocycles. The van der Waals surface area contributed by atoms with E-state index < -0.39 is 0 Å². The van der Waals surface area contributed by atoms with Gasteiger partial charge in [0.2, 0.25) is 0 Å². The lowest BCUT2D eigenvalue weighted by atomic mass is 9.89. The molecule has 1 saturated heterocycles. The van der Waals surface area contributed by atoms with E-state index in [2.05, 4.69) is 5.32 Å². The van der Waals surface area contributed by atoms with Crippen LogP contribution in [-0.4, -0.2) is 18.4 Å². The smallest absolute Gasteiger partial charge is 0.170 e. The molecule has 1 heterocycles. The minimum atomic E-state index is -0.383. The number of nitrogens with one attached hydrogen (secondary N) is 1. The Morgan fingerprint density at radius 1 is 1.41 bits per heavy atom. The fourth-order valence-corrected chi connectivity index (χ4v) is 2.63. The molecular weight excluding hydrogens is 217 g/mol. The highest BCUT2D eigenvalue weighted by atomic mass is 19.1. The second kappa shape index (κ2) is 4.57. The van der Waals surface area contributed by atoms with E-state index >= 15 is 0 Å². The van der Waals surface area contributed by atoms with Crippen LogP contribution in [0.3, 0.4) is 0 Å². The summed E-state index contributed by atoms with van der Waals surface area (Å²) in [5.41, 5.74) is 1.87. The molecule has 0 spiro atoms. The lowest BCUT2D eigenvalue weighted by molar-refractivity contribution is 0.0909. The van der Waals surface area contributed by atoms with Crippen LogP contribution in [0.2, 0.25) is 0 Å². The van der Waals surface area contributed by atoms with Crippen molar-refractivity contribution >= 4 is 5.78 Å². The summed E-state index contributed by atoms with van der Waals surface area (Å²) in [5, 5.41) is 3.23. The van der Waals surface area contributed by atoms with E-state index in [0.29, 0.717) is 0 Å². The third-order valence-electron chi connectivity index (χ3n) is 3.54. The number of halogens is 1. The first-order valence-electron chi connectivity index (χ1n) is 6.05. The summed E-state index contributed by atoms with van der Waals surface area (Å²) in [4.78, 5) is 12.3. The van der Waals surface area contributed by atoms with Gasteiger partial charge in [-0.1, -0.05) is 6.07 Å². The molecule has 3 heteroatoms. The number of hydrogen-bond donors (Lipinski definition) is 1. The summed E-state index contributed by atoms with van der Waals surface area (Å²) in [7, 11) is 0. The maximum atomic E-state index is 13.9. The van der Waals surface area contributed by atoms with Crippen LogP contribution in [0.15, 0.2) is 12.1 Å². The Hall–Kier alpha value is -1.22. The highest BCUT2D eigenvalue weighted by Gasteiger charge is 2.32. The van der Waals surface area contributed by atoms with E-state index in [1.165, 1.54) is 6.07 Å². The van der Waals surface area contributed by atoms with Gasteiger partial charge < -0.3 is 5.32 Å². The maximum Gasteiger partial charge on any atom is 0.170 e. The van der Waals surface area contributed by atoms with E-state index in [1.54, 1.807) is 6.92 Å². The average molecular weight is 235 g/mol. The zero-order valence-electron chi connectivity index (χ0n) is 10.5. The van der Waals surface area contributed by atoms with Gasteiger partial charge in [0.1, 0.15) is 5.82 Å². The molecule has 1 aliphatic rings. The number of carbonyl (C=O) groups excluding carboxylic acids is 1. The number of benzene rings is 1. The first-order valence-corrected chi connectivity index (χ1v) is 6.05. The van der Waals surface area contributed by atoms with Gasteiger partial charge in [-0.15, -0.1) is 0 Å². The average Bonchev–Trinajstić information content (AvgIpc) is 2.62. The van der Waals surface area contributed by atoms with Crippen molar-refractivity contribution in [1.29, 1.82) is 0 Å². The van der Waals surface area contributed by atoms with Crippen LogP contribution < -0.4 is 5.32 Å². The standard InChI is InChI=1S/C14H18FNO/c1-8-6-9(2)13(12(15)7-8)14(17)11-4-5-16-10(11)3/h6-7,10-11,16H,4-5H2,1-3H3. The summed E-state index contributed by atoms with van der Waals surface area (Å²) >= 11 is 0. The van der Waals surface area contributed by atoms with E-state index in [-0.39, 0.29) is 29.1 Å². The molecule has 0 amide bonds. The molecule has 2 atom stereocenters. The SMILES string of the molecule is Cc1cc(C)c(C(=O)C2CCNC2C)c(F)c1. The minimum absolute atomic E-state index is 0.0579. The predicted molar refractivity (Wildman–Crippen MR) is 65.8 cm³/mol. The molecule has 2 unspecified atom stereocenters. The molecule has 1 fully saturated rings. The molecule has 0 aliphatic carbocycles. The first-order chi connectivity index (χ1) is 8.00. The highest BCUT2D eigenvalue weighted by molar-refractivity contribution is 6.00. The lowest BCUT2D eigenvalue weighted by Crippen LogP contribution is -2.29. The molecule has 17 heavy (non-hydrogen) atoms. The molecule has 0 radical (unpaired) electrons. The molecule has 0 bridgehead atoms. The number of carbonyl (C=O) groups is 1. The summed E-state index contributed by atoms with van der Waals surface area (Å²) in [6, 6.07) is 3.44. The molecule has 1 aliphatic heterocycles. The summed E-state index contributed by atoms with van der Waals surface area (Å²) < 4.78 is 13.9. The number of aryl methyl sites for hydroxylation is 2. The monoisotopic (exact) mass is 235 g/mol. The zero-order valence-corrected chi connectivity index (χ0v) is 10.5. The Labute approximate surface area is 101 Å². The summed E-state index contributed by atoms with van der Waals surface area (Å²) in [6.07, 6.45) is 0.798. The van der Waals surface area contributed by atoms with Gasteiger partial charge in [0.05, 0.1) is 5.56 Å². The number of ketones is 1. The third-order valence-corrected chi connectivity index (χ3v) is 3.54. The molecule has 1 N–H and O–H groups in total. The molecule has 1 aromatic rings. The van der Waals surface area contributed by atoms with E-state index in [9.17, 15) is 9.18 Å². The number of rotatable bonds is 2. The van der Waals surface area contributed by atoms with Gasteiger partial charge in [-0.3, -0.25) is 4.79 Å². The van der Waals surface area contributed by atoms with Crippen molar-refractivity contribution in [3.63, 3.8) is 0 Å². The first kappa shape index (κ1) is 12.2. The number of hydrogen-bond acceptors (Lipinski definition) is 2. The summed E-state index contributed by atoms with van der Waals surface area (Å²) in [6.45, 7) is 6.46. The van der Waals surface area contributed by atoms with Gasteiger partial charge in [-0.2, -0.15) is 0 Å². The third kappa shape index (κ3) is 2.25. The molecule has 2 nitrogen and oxygen atoms in total. The normalized spacial score (nSPS) is 24.0. The lowest BCUT2D eigenvalue weighted by Gasteiger charge is -2.16. The van der Waals surface area contributed by atoms with Gasteiger partial charge in [0.15, 0.2) is 5.78 Å². The van der Waals surface area contributed by atoms with Crippen LogP contribution in [-0.2, 0) is 0 Å². The molecule has 2 rings (SSSR count). The Kier molecular flexibility index (Phi) is 3.29. The van der Waals surface area contributed by atoms with Gasteiger partial charge in [-0.05, 0) is 50.9 Å². The quantitative estimate of drug-likeness (QED) is 0.798. The zero-order chi connectivity index (χ0) is 12.6. The van der Waals surface area contributed by atoms with E-state index in [4.69, 9.17) is 0 Å².